The van der Waals surface area contributed by atoms with Crippen LogP contribution < -0.4 is 0 Å². The minimum absolute atomic E-state index is 0.0987. The first kappa shape index (κ1) is 11.0. The lowest BCUT2D eigenvalue weighted by atomic mass is 10.2. The number of aliphatic carboxylic acids is 1. The third-order valence-corrected chi connectivity index (χ3v) is 3.66. The van der Waals surface area contributed by atoms with Gasteiger partial charge in [-0.25, -0.2) is 4.98 Å². The predicted molar refractivity (Wildman–Crippen MR) is 68.8 cm³/mol. The molecule has 0 saturated heterocycles. The Balaban J connectivity index is 2.05. The molecule has 0 aliphatic rings. The lowest BCUT2D eigenvalue weighted by Gasteiger charge is -2.00. The van der Waals surface area contributed by atoms with Crippen LogP contribution in [-0.4, -0.2) is 25.4 Å². The lowest BCUT2D eigenvalue weighted by Crippen LogP contribution is -2.01. The minimum Gasteiger partial charge on any atom is -0.481 e. The number of rotatable bonds is 4. The molecular weight excluding hydrogens is 250 g/mol. The van der Waals surface area contributed by atoms with E-state index in [1.165, 1.54) is 0 Å². The van der Waals surface area contributed by atoms with E-state index in [2.05, 4.69) is 15.3 Å². The van der Waals surface area contributed by atoms with Crippen LogP contribution in [0.15, 0.2) is 30.0 Å². The van der Waals surface area contributed by atoms with Crippen molar-refractivity contribution < 1.29 is 9.90 Å². The zero-order chi connectivity index (χ0) is 12.5. The van der Waals surface area contributed by atoms with Crippen LogP contribution in [-0.2, 0) is 11.2 Å². The normalized spacial score (nSPS) is 11.1. The van der Waals surface area contributed by atoms with Crippen LogP contribution in [0.4, 0.5) is 0 Å². The molecule has 2 N–H and O–H groups in total. The molecule has 0 aromatic carbocycles. The van der Waals surface area contributed by atoms with Gasteiger partial charge < -0.3 is 10.1 Å². The lowest BCUT2D eigenvalue weighted by molar-refractivity contribution is -0.137. The van der Waals surface area contributed by atoms with Crippen LogP contribution in [0.25, 0.3) is 16.1 Å². The predicted octanol–water partition coefficient (Wildman–Crippen LogP) is 2.41. The maximum Gasteiger partial charge on any atom is 0.303 e. The molecule has 3 aromatic heterocycles. The van der Waals surface area contributed by atoms with Crippen molar-refractivity contribution in [3.8, 4) is 11.3 Å². The van der Waals surface area contributed by atoms with Crippen molar-refractivity contribution in [3.05, 3.63) is 35.9 Å². The van der Waals surface area contributed by atoms with Gasteiger partial charge in [-0.3, -0.25) is 9.20 Å². The van der Waals surface area contributed by atoms with Crippen molar-refractivity contribution in [2.24, 2.45) is 0 Å². The Kier molecular flexibility index (Phi) is 2.64. The molecule has 0 saturated carbocycles. The first-order valence-corrected chi connectivity index (χ1v) is 6.42. The fraction of sp³-hybridized carbons (Fsp3) is 0.167. The van der Waals surface area contributed by atoms with Gasteiger partial charge >= 0.3 is 5.97 Å². The van der Waals surface area contributed by atoms with Gasteiger partial charge in [0, 0.05) is 29.8 Å². The number of imidazole rings is 1. The highest BCUT2D eigenvalue weighted by atomic mass is 32.1. The number of carboxylic acids is 1. The Morgan fingerprint density at radius 2 is 2.44 bits per heavy atom. The molecule has 0 amide bonds. The summed E-state index contributed by atoms with van der Waals surface area (Å²) in [6, 6.07) is 1.99. The molecule has 3 heterocycles. The van der Waals surface area contributed by atoms with E-state index in [0.717, 1.165) is 21.9 Å². The smallest absolute Gasteiger partial charge is 0.303 e. The highest BCUT2D eigenvalue weighted by Crippen LogP contribution is 2.27. The van der Waals surface area contributed by atoms with Crippen LogP contribution in [0, 0.1) is 0 Å². The number of hydrogen-bond acceptors (Lipinski definition) is 3. The van der Waals surface area contributed by atoms with Crippen LogP contribution in [0.1, 0.15) is 12.2 Å². The summed E-state index contributed by atoms with van der Waals surface area (Å²) in [5.74, 6) is -0.00461. The van der Waals surface area contributed by atoms with Gasteiger partial charge in [0.25, 0.3) is 0 Å². The molecule has 3 rings (SSSR count). The van der Waals surface area contributed by atoms with Crippen LogP contribution in [0.3, 0.4) is 0 Å². The fourth-order valence-electron chi connectivity index (χ4n) is 1.96. The highest BCUT2D eigenvalue weighted by molar-refractivity contribution is 7.15. The van der Waals surface area contributed by atoms with Crippen molar-refractivity contribution >= 4 is 22.1 Å². The van der Waals surface area contributed by atoms with Crippen LogP contribution in [0.2, 0.25) is 0 Å². The van der Waals surface area contributed by atoms with Crippen molar-refractivity contribution in [2.45, 2.75) is 12.8 Å². The van der Waals surface area contributed by atoms with E-state index >= 15 is 0 Å². The second kappa shape index (κ2) is 4.30. The summed E-state index contributed by atoms with van der Waals surface area (Å²) in [7, 11) is 0. The minimum atomic E-state index is -0.801. The number of H-pyrrole nitrogens is 1. The number of aromatic nitrogens is 3. The summed E-state index contributed by atoms with van der Waals surface area (Å²) in [6.45, 7) is 0. The molecule has 18 heavy (non-hydrogen) atoms. The first-order valence-electron chi connectivity index (χ1n) is 5.54. The molecule has 0 spiro atoms. The first-order chi connectivity index (χ1) is 8.75. The molecular formula is C12H11N3O2S. The Morgan fingerprint density at radius 1 is 1.56 bits per heavy atom. The second-order valence-electron chi connectivity index (χ2n) is 3.96. The van der Waals surface area contributed by atoms with Crippen LogP contribution in [0.5, 0.6) is 0 Å². The van der Waals surface area contributed by atoms with Crippen molar-refractivity contribution in [3.63, 3.8) is 0 Å². The number of aryl methyl sites for hydroxylation is 1. The Bertz CT molecular complexity index is 681. The zero-order valence-corrected chi connectivity index (χ0v) is 10.3. The van der Waals surface area contributed by atoms with Gasteiger partial charge in [0.2, 0.25) is 0 Å². The average molecular weight is 261 g/mol. The molecule has 92 valence electrons. The van der Waals surface area contributed by atoms with Gasteiger partial charge in [0.15, 0.2) is 0 Å². The van der Waals surface area contributed by atoms with Crippen molar-refractivity contribution in [1.82, 2.24) is 14.4 Å². The molecule has 0 aliphatic carbocycles. The Morgan fingerprint density at radius 3 is 3.17 bits per heavy atom. The molecule has 0 fully saturated rings. The number of nitrogens with zero attached hydrogens (tertiary/aromatic N) is 2. The number of fused-ring (bicyclic) bond motifs is 1. The molecule has 6 heteroatoms. The third-order valence-electron chi connectivity index (χ3n) is 2.79. The van der Waals surface area contributed by atoms with Gasteiger partial charge in [0.05, 0.1) is 18.3 Å². The standard InChI is InChI=1S/C12H11N3O2S/c16-12(17)2-1-10-14-6-11-15(10)9(7-18-11)8-3-4-13-5-8/h3-7,13H,1-2H2,(H,16,17). The number of nitrogens with one attached hydrogen (secondary N) is 1. The summed E-state index contributed by atoms with van der Waals surface area (Å²) >= 11 is 1.61. The monoisotopic (exact) mass is 261 g/mol. The molecule has 0 atom stereocenters. The summed E-state index contributed by atoms with van der Waals surface area (Å²) in [6.07, 6.45) is 6.12. The maximum absolute atomic E-state index is 10.6. The third kappa shape index (κ3) is 1.80. The summed E-state index contributed by atoms with van der Waals surface area (Å²) in [4.78, 5) is 19.0. The number of hydrogen-bond donors (Lipinski definition) is 2. The van der Waals surface area contributed by atoms with E-state index in [9.17, 15) is 4.79 Å². The quantitative estimate of drug-likeness (QED) is 0.757. The summed E-state index contributed by atoms with van der Waals surface area (Å²) < 4.78 is 2.02. The number of carbonyl (C=O) groups is 1. The topological polar surface area (TPSA) is 70.4 Å². The Hall–Kier alpha value is -2.08. The number of thiazole rings is 1. The number of aromatic amines is 1. The molecule has 0 aliphatic heterocycles. The summed E-state index contributed by atoms with van der Waals surface area (Å²) in [5, 5.41) is 10.8. The van der Waals surface area contributed by atoms with Crippen molar-refractivity contribution in [1.29, 1.82) is 0 Å². The van der Waals surface area contributed by atoms with E-state index < -0.39 is 5.97 Å². The molecule has 0 bridgehead atoms. The summed E-state index contributed by atoms with van der Waals surface area (Å²) in [5.41, 5.74) is 2.13. The molecule has 5 nitrogen and oxygen atoms in total. The van der Waals surface area contributed by atoms with Gasteiger partial charge in [-0.1, -0.05) is 0 Å². The number of carboxylic acid groups (broad SMARTS) is 1. The van der Waals surface area contributed by atoms with Gasteiger partial charge in [-0.15, -0.1) is 11.3 Å². The largest absolute Gasteiger partial charge is 0.481 e. The van der Waals surface area contributed by atoms with Gasteiger partial charge in [-0.2, -0.15) is 0 Å². The fourth-order valence-corrected chi connectivity index (χ4v) is 2.85. The van der Waals surface area contributed by atoms with Gasteiger partial charge in [0.1, 0.15) is 10.7 Å². The van der Waals surface area contributed by atoms with E-state index in [-0.39, 0.29) is 6.42 Å². The molecule has 0 radical (unpaired) electrons. The average Bonchev–Trinajstić information content (AvgIpc) is 3.03. The zero-order valence-electron chi connectivity index (χ0n) is 9.46. The maximum atomic E-state index is 10.6. The second-order valence-corrected chi connectivity index (χ2v) is 4.85. The van der Waals surface area contributed by atoms with E-state index in [1.807, 2.05) is 22.9 Å². The van der Waals surface area contributed by atoms with E-state index in [0.29, 0.717) is 6.42 Å². The SMILES string of the molecule is O=C(O)CCc1ncc2scc(-c3cc[nH]c3)n12. The van der Waals surface area contributed by atoms with Crippen LogP contribution >= 0.6 is 11.3 Å². The van der Waals surface area contributed by atoms with E-state index in [1.54, 1.807) is 17.5 Å². The van der Waals surface area contributed by atoms with E-state index in [4.69, 9.17) is 5.11 Å². The highest BCUT2D eigenvalue weighted by Gasteiger charge is 2.12. The van der Waals surface area contributed by atoms with Crippen molar-refractivity contribution in [2.75, 3.05) is 0 Å². The molecule has 3 aromatic rings. The Labute approximate surface area is 107 Å². The van der Waals surface area contributed by atoms with Gasteiger partial charge in [-0.05, 0) is 6.07 Å². The molecule has 0 unspecified atom stereocenters.